The minimum Gasteiger partial charge on any atom is -0.381 e. The molecular formula is C38H58O2Sm2. The van der Waals surface area contributed by atoms with Gasteiger partial charge in [-0.2, -0.15) is 0 Å². The maximum absolute atomic E-state index is 4.94. The van der Waals surface area contributed by atoms with Crippen LogP contribution in [0.2, 0.25) is 0 Å². The van der Waals surface area contributed by atoms with Crippen LogP contribution < -0.4 is 0 Å². The van der Waals surface area contributed by atoms with Gasteiger partial charge in [-0.05, 0) is 149 Å². The van der Waals surface area contributed by atoms with E-state index in [0.29, 0.717) is 0 Å². The molecule has 5 rings (SSSR count). The molecule has 0 atom stereocenters. The maximum atomic E-state index is 4.94. The molecule has 0 aromatic rings. The van der Waals surface area contributed by atoms with Gasteiger partial charge in [0.15, 0.2) is 0 Å². The second-order valence-corrected chi connectivity index (χ2v) is 10.8. The van der Waals surface area contributed by atoms with Gasteiger partial charge >= 0.3 is 0 Å². The van der Waals surface area contributed by atoms with Crippen LogP contribution in [0.25, 0.3) is 0 Å². The normalized spacial score (nSPS) is 24.4. The largest absolute Gasteiger partial charge is 0.381 e. The summed E-state index contributed by atoms with van der Waals surface area (Å²) in [4.78, 5) is 0. The van der Waals surface area contributed by atoms with Gasteiger partial charge in [0.25, 0.3) is 0 Å². The third kappa shape index (κ3) is 17.7. The molecular weight excluding hydrogens is 789 g/mol. The predicted octanol–water partition coefficient (Wildman–Crippen LogP) is 9.95. The Kier molecular flexibility index (Phi) is 31.8. The first kappa shape index (κ1) is 46.7. The summed E-state index contributed by atoms with van der Waals surface area (Å²) in [5, 5.41) is 0. The fourth-order valence-electron chi connectivity index (χ4n) is 5.19. The molecule has 5 fully saturated rings. The minimum absolute atomic E-state index is 0. The summed E-state index contributed by atoms with van der Waals surface area (Å²) < 4.78 is 9.89. The summed E-state index contributed by atoms with van der Waals surface area (Å²) in [5.74, 6) is 15.1. The van der Waals surface area contributed by atoms with Gasteiger partial charge in [0.2, 0.25) is 0 Å². The van der Waals surface area contributed by atoms with E-state index in [1.807, 2.05) is 51.4 Å². The zero-order valence-corrected chi connectivity index (χ0v) is 33.6. The second-order valence-electron chi connectivity index (χ2n) is 10.8. The van der Waals surface area contributed by atoms with Crippen LogP contribution >= 0.6 is 0 Å². The van der Waals surface area contributed by atoms with Crippen molar-refractivity contribution in [3.05, 3.63) is 111 Å². The van der Waals surface area contributed by atoms with E-state index in [1.54, 1.807) is 11.8 Å². The van der Waals surface area contributed by atoms with Gasteiger partial charge in [-0.15, -0.1) is 0 Å². The van der Waals surface area contributed by atoms with Gasteiger partial charge < -0.3 is 9.47 Å². The standard InChI is InChI=1S/2C11H17.C8H8.2C4H8O.2Sm/c2*1-6-11-9(4)7(2)8(3)10(11)5;1-2-4-6-8-7-5-3-1;2*1-2-4-5-3-1;;/h2*6H2,1-5H3;1-8H;2*1-4H2;;. The molecule has 0 N–H and O–H groups in total. The number of hydrogen-bond acceptors (Lipinski definition) is 2. The fourth-order valence-corrected chi connectivity index (χ4v) is 5.19. The van der Waals surface area contributed by atoms with Crippen molar-refractivity contribution in [3.8, 4) is 0 Å². The SMILES string of the molecule is C1CCOC1.C1CCOC1.CC[C]1[C](C)[C](C)[C](C)[C]1C.CC[C]1[C](C)[C](C)[C](C)[C]1C.[CH]1[CH][CH][CH][CH][CH][CH][CH]1.[Sm].[Sm]. The van der Waals surface area contributed by atoms with Crippen molar-refractivity contribution in [1.82, 2.24) is 0 Å². The van der Waals surface area contributed by atoms with Crippen molar-refractivity contribution in [2.45, 2.75) is 108 Å². The summed E-state index contributed by atoms with van der Waals surface area (Å²) >= 11 is 0. The van der Waals surface area contributed by atoms with Crippen LogP contribution in [0.3, 0.4) is 0 Å². The first-order valence-corrected chi connectivity index (χ1v) is 15.4. The molecule has 4 heteroatoms. The van der Waals surface area contributed by atoms with Crippen molar-refractivity contribution < 1.29 is 90.3 Å². The molecule has 5 aliphatic rings. The van der Waals surface area contributed by atoms with Crippen LogP contribution in [0, 0.1) is 191 Å². The molecule has 42 heavy (non-hydrogen) atoms. The smallest absolute Gasteiger partial charge is 0.0466 e. The van der Waals surface area contributed by atoms with Gasteiger partial charge in [0.1, 0.15) is 0 Å². The van der Waals surface area contributed by atoms with Crippen LogP contribution in [0.1, 0.15) is 108 Å². The number of rotatable bonds is 2. The summed E-state index contributed by atoms with van der Waals surface area (Å²) in [6, 6.07) is 0. The molecule has 2 aliphatic heterocycles. The Morgan fingerprint density at radius 2 is 0.571 bits per heavy atom. The Morgan fingerprint density at radius 3 is 0.667 bits per heavy atom. The van der Waals surface area contributed by atoms with E-state index in [2.05, 4.69) is 69.2 Å². The van der Waals surface area contributed by atoms with Crippen molar-refractivity contribution >= 4 is 0 Å². The Morgan fingerprint density at radius 1 is 0.381 bits per heavy atom. The monoisotopic (exact) mass is 850 g/mol. The van der Waals surface area contributed by atoms with Crippen LogP contribution in [-0.2, 0) is 9.47 Å². The quantitative estimate of drug-likeness (QED) is 0.276. The van der Waals surface area contributed by atoms with Crippen molar-refractivity contribution in [3.63, 3.8) is 0 Å². The van der Waals surface area contributed by atoms with E-state index < -0.39 is 0 Å². The molecule has 18 radical (unpaired) electrons. The second kappa shape index (κ2) is 28.6. The summed E-state index contributed by atoms with van der Waals surface area (Å²) in [6.07, 6.45) is 23.5. The van der Waals surface area contributed by atoms with Gasteiger partial charge in [-0.25, -0.2) is 0 Å². The molecule has 2 saturated heterocycles. The van der Waals surface area contributed by atoms with Gasteiger partial charge in [-0.1, -0.05) is 69.2 Å². The molecule has 0 aromatic carbocycles. The van der Waals surface area contributed by atoms with Crippen molar-refractivity contribution in [2.75, 3.05) is 26.4 Å². The summed E-state index contributed by atoms with van der Waals surface area (Å²) in [7, 11) is 0. The maximum Gasteiger partial charge on any atom is 0.0466 e. The number of ether oxygens (including phenoxy) is 2. The van der Waals surface area contributed by atoms with Crippen LogP contribution in [0.15, 0.2) is 0 Å². The van der Waals surface area contributed by atoms with Crippen LogP contribution in [0.5, 0.6) is 0 Å². The van der Waals surface area contributed by atoms with Crippen LogP contribution in [0.4, 0.5) is 0 Å². The molecule has 3 saturated carbocycles. The van der Waals surface area contributed by atoms with Crippen LogP contribution in [-0.4, -0.2) is 26.4 Å². The van der Waals surface area contributed by atoms with Crippen molar-refractivity contribution in [1.29, 1.82) is 0 Å². The molecule has 0 aromatic heterocycles. The third-order valence-corrected chi connectivity index (χ3v) is 8.44. The fraction of sp³-hybridized carbons (Fsp3) is 0.526. The Balaban J connectivity index is 0. The summed E-state index contributed by atoms with van der Waals surface area (Å²) in [5.41, 5.74) is 0. The van der Waals surface area contributed by atoms with E-state index in [9.17, 15) is 0 Å². The van der Waals surface area contributed by atoms with E-state index in [1.165, 1.54) is 85.9 Å². The molecule has 0 unspecified atom stereocenters. The third-order valence-electron chi connectivity index (χ3n) is 8.44. The topological polar surface area (TPSA) is 18.5 Å². The molecule has 2 nitrogen and oxygen atoms in total. The Bertz CT molecular complexity index is 470. The van der Waals surface area contributed by atoms with E-state index >= 15 is 0 Å². The predicted molar refractivity (Wildman–Crippen MR) is 173 cm³/mol. The average molecular weight is 848 g/mol. The zero-order valence-electron chi connectivity index (χ0n) is 28.3. The van der Waals surface area contributed by atoms with E-state index in [4.69, 9.17) is 9.47 Å². The van der Waals surface area contributed by atoms with Gasteiger partial charge in [0.05, 0.1) is 0 Å². The Labute approximate surface area is 331 Å². The first-order chi connectivity index (χ1) is 19.2. The van der Waals surface area contributed by atoms with Gasteiger partial charge in [-0.3, -0.25) is 0 Å². The van der Waals surface area contributed by atoms with Crippen molar-refractivity contribution in [2.24, 2.45) is 0 Å². The zero-order chi connectivity index (χ0) is 29.9. The molecule has 234 valence electrons. The molecule has 0 amide bonds. The number of hydrogen-bond donors (Lipinski definition) is 0. The Hall–Kier alpha value is 2.60. The summed E-state index contributed by atoms with van der Waals surface area (Å²) in [6.45, 7) is 26.3. The van der Waals surface area contributed by atoms with E-state index in [0.717, 1.165) is 26.4 Å². The molecule has 0 spiro atoms. The molecule has 3 aliphatic carbocycles. The van der Waals surface area contributed by atoms with E-state index in [-0.39, 0.29) is 80.8 Å². The van der Waals surface area contributed by atoms with Gasteiger partial charge in [0, 0.05) is 107 Å². The molecule has 2 heterocycles. The average Bonchev–Trinajstić information content (AvgIpc) is 3.75. The first-order valence-electron chi connectivity index (χ1n) is 15.4. The minimum atomic E-state index is 0. The molecule has 0 bridgehead atoms.